The lowest BCUT2D eigenvalue weighted by Gasteiger charge is -2.11. The van der Waals surface area contributed by atoms with Gasteiger partial charge in [0.1, 0.15) is 11.5 Å². The van der Waals surface area contributed by atoms with Gasteiger partial charge in [-0.05, 0) is 25.0 Å². The molecule has 0 saturated heterocycles. The van der Waals surface area contributed by atoms with E-state index in [9.17, 15) is 0 Å². The van der Waals surface area contributed by atoms with E-state index < -0.39 is 0 Å². The molecule has 0 radical (unpaired) electrons. The molecule has 1 heterocycles. The molecule has 1 aromatic heterocycles. The fourth-order valence-corrected chi connectivity index (χ4v) is 2.65. The summed E-state index contributed by atoms with van der Waals surface area (Å²) in [5.41, 5.74) is 21.6. The number of nitrogens with one attached hydrogen (secondary N) is 2. The highest BCUT2D eigenvalue weighted by molar-refractivity contribution is 7.99. The first-order chi connectivity index (χ1) is 9.51. The third kappa shape index (κ3) is 3.55. The summed E-state index contributed by atoms with van der Waals surface area (Å²) in [6, 6.07) is 1.69. The lowest BCUT2D eigenvalue weighted by atomic mass is 10.2. The van der Waals surface area contributed by atoms with Crippen LogP contribution in [-0.2, 0) is 0 Å². The Kier molecular flexibility index (Phi) is 4.35. The average Bonchev–Trinajstić information content (AvgIpc) is 3.19. The molecule has 0 aliphatic heterocycles. The molecule has 20 heavy (non-hydrogen) atoms. The Morgan fingerprint density at radius 3 is 2.80 bits per heavy atom. The molecule has 2 rings (SSSR count). The summed E-state index contributed by atoms with van der Waals surface area (Å²) < 4.78 is 0. The van der Waals surface area contributed by atoms with Gasteiger partial charge in [-0.1, -0.05) is 0 Å². The summed E-state index contributed by atoms with van der Waals surface area (Å²) in [4.78, 5) is 4.72. The Hall–Kier alpha value is -1.93. The van der Waals surface area contributed by atoms with Gasteiger partial charge in [-0.25, -0.2) is 4.98 Å². The first-order valence-corrected chi connectivity index (χ1v) is 7.19. The zero-order chi connectivity index (χ0) is 14.7. The summed E-state index contributed by atoms with van der Waals surface area (Å²) in [5, 5.41) is 7.82. The summed E-state index contributed by atoms with van der Waals surface area (Å²) >= 11 is 1.45. The third-order valence-corrected chi connectivity index (χ3v) is 4.04. The molecule has 1 aliphatic carbocycles. The Morgan fingerprint density at radius 1 is 1.50 bits per heavy atom. The minimum Gasteiger partial charge on any atom is -0.401 e. The maximum Gasteiger partial charge on any atom is 0.151 e. The molecule has 1 fully saturated rings. The molecule has 0 unspecified atom stereocenters. The second-order valence-corrected chi connectivity index (χ2v) is 5.70. The molecule has 1 aliphatic rings. The van der Waals surface area contributed by atoms with E-state index in [1.54, 1.807) is 12.1 Å². The number of nitrogens with two attached hydrogens (primary N) is 4. The molecule has 0 spiro atoms. The van der Waals surface area contributed by atoms with Gasteiger partial charge < -0.3 is 28.0 Å². The van der Waals surface area contributed by atoms with Crippen LogP contribution in [0.2, 0.25) is 0 Å². The molecule has 1 aromatic rings. The van der Waals surface area contributed by atoms with E-state index in [1.165, 1.54) is 11.8 Å². The van der Waals surface area contributed by atoms with Crippen LogP contribution in [0.4, 0.5) is 17.3 Å². The van der Waals surface area contributed by atoms with Crippen LogP contribution in [-0.4, -0.2) is 16.4 Å². The number of aromatic nitrogens is 1. The predicted molar refractivity (Wildman–Crippen MR) is 84.3 cm³/mol. The lowest BCUT2D eigenvalue weighted by Crippen LogP contribution is -2.12. The van der Waals surface area contributed by atoms with E-state index in [1.807, 2.05) is 0 Å². The highest BCUT2D eigenvalue weighted by atomic mass is 32.2. The molecule has 0 bridgehead atoms. The first-order valence-electron chi connectivity index (χ1n) is 6.21. The maximum atomic E-state index is 7.82. The van der Waals surface area contributed by atoms with Crippen LogP contribution in [0.25, 0.3) is 0 Å². The number of anilines is 3. The van der Waals surface area contributed by atoms with Crippen molar-refractivity contribution in [3.05, 3.63) is 17.8 Å². The summed E-state index contributed by atoms with van der Waals surface area (Å²) in [6.07, 6.45) is 3.91. The lowest BCUT2D eigenvalue weighted by molar-refractivity contribution is 1.16. The first kappa shape index (κ1) is 14.5. The van der Waals surface area contributed by atoms with Crippen molar-refractivity contribution in [1.29, 1.82) is 5.41 Å². The summed E-state index contributed by atoms with van der Waals surface area (Å²) in [7, 11) is 0. The van der Waals surface area contributed by atoms with Crippen molar-refractivity contribution >= 4 is 34.8 Å². The maximum absolute atomic E-state index is 7.82. The third-order valence-electron chi connectivity index (χ3n) is 2.93. The molecule has 0 amide bonds. The number of hydrogen-bond donors (Lipinski definition) is 6. The van der Waals surface area contributed by atoms with Crippen molar-refractivity contribution in [3.63, 3.8) is 0 Å². The van der Waals surface area contributed by atoms with Crippen molar-refractivity contribution in [2.45, 2.75) is 17.7 Å². The van der Waals surface area contributed by atoms with Gasteiger partial charge in [0.25, 0.3) is 0 Å². The van der Waals surface area contributed by atoms with Gasteiger partial charge in [0.05, 0.1) is 0 Å². The van der Waals surface area contributed by atoms with Gasteiger partial charge in [-0.3, -0.25) is 5.84 Å². The number of hydrogen-bond acceptors (Lipinski definition) is 8. The van der Waals surface area contributed by atoms with Gasteiger partial charge in [-0.15, -0.1) is 11.8 Å². The number of allylic oxidation sites excluding steroid dienone is 1. The Balaban J connectivity index is 2.04. The fourth-order valence-electron chi connectivity index (χ4n) is 1.73. The van der Waals surface area contributed by atoms with Crippen molar-refractivity contribution in [1.82, 2.24) is 4.98 Å². The van der Waals surface area contributed by atoms with Crippen molar-refractivity contribution in [2.24, 2.45) is 17.5 Å². The second kappa shape index (κ2) is 6.02. The van der Waals surface area contributed by atoms with E-state index in [0.717, 1.165) is 17.7 Å². The highest BCUT2D eigenvalue weighted by Crippen LogP contribution is 2.33. The van der Waals surface area contributed by atoms with Crippen molar-refractivity contribution in [2.75, 3.05) is 22.6 Å². The molecule has 0 atom stereocenters. The largest absolute Gasteiger partial charge is 0.401 e. The number of nitrogen functional groups attached to an aromatic ring is 3. The van der Waals surface area contributed by atoms with Crippen LogP contribution >= 0.6 is 11.8 Å². The number of rotatable bonds is 6. The van der Waals surface area contributed by atoms with Gasteiger partial charge in [0, 0.05) is 28.0 Å². The monoisotopic (exact) mass is 293 g/mol. The molecule has 10 N–H and O–H groups in total. The fraction of sp³-hybridized carbons (Fsp3) is 0.333. The van der Waals surface area contributed by atoms with E-state index in [0.29, 0.717) is 34.6 Å². The van der Waals surface area contributed by atoms with Gasteiger partial charge >= 0.3 is 0 Å². The van der Waals surface area contributed by atoms with Crippen LogP contribution in [0.5, 0.6) is 0 Å². The molecular formula is C12H19N7S. The van der Waals surface area contributed by atoms with E-state index in [-0.39, 0.29) is 5.82 Å². The summed E-state index contributed by atoms with van der Waals surface area (Å²) in [5.74, 6) is 6.95. The topological polar surface area (TPSA) is 153 Å². The molecule has 0 aromatic carbocycles. The predicted octanol–water partition coefficient (Wildman–Crippen LogP) is 0.896. The Bertz CT molecular complexity index is 551. The van der Waals surface area contributed by atoms with Crippen LogP contribution in [0.3, 0.4) is 0 Å². The summed E-state index contributed by atoms with van der Waals surface area (Å²) in [6.45, 7) is 0. The SMILES string of the molecule is N=C(/C=C(\N)CSc1cc(N)nc(N)c1NN)C1CC1. The van der Waals surface area contributed by atoms with Crippen LogP contribution < -0.4 is 28.5 Å². The van der Waals surface area contributed by atoms with Gasteiger partial charge in [0.2, 0.25) is 0 Å². The van der Waals surface area contributed by atoms with E-state index >= 15 is 0 Å². The van der Waals surface area contributed by atoms with Gasteiger partial charge in [-0.2, -0.15) is 0 Å². The van der Waals surface area contributed by atoms with Crippen LogP contribution in [0, 0.1) is 11.3 Å². The van der Waals surface area contributed by atoms with E-state index in [2.05, 4.69) is 10.4 Å². The molecule has 108 valence electrons. The average molecular weight is 293 g/mol. The zero-order valence-electron chi connectivity index (χ0n) is 11.0. The zero-order valence-corrected chi connectivity index (χ0v) is 11.8. The van der Waals surface area contributed by atoms with Crippen LogP contribution in [0.1, 0.15) is 12.8 Å². The van der Waals surface area contributed by atoms with Gasteiger partial charge in [0.15, 0.2) is 5.82 Å². The number of pyridine rings is 1. The standard InChI is InChI=1S/C12H19N7S/c13-7(3-8(14)6-1-2-6)5-20-9-4-10(15)18-12(16)11(9)19-17/h3-4,6,14,19H,1-2,5,13,17H2,(H4,15,16,18)/b7-3-,14-8?. The quantitative estimate of drug-likeness (QED) is 0.197. The van der Waals surface area contributed by atoms with E-state index in [4.69, 9.17) is 28.5 Å². The Morgan fingerprint density at radius 2 is 2.20 bits per heavy atom. The molecule has 1 saturated carbocycles. The number of hydrazine groups is 1. The number of thioether (sulfide) groups is 1. The normalized spacial score (nSPS) is 15.2. The van der Waals surface area contributed by atoms with Crippen LogP contribution in [0.15, 0.2) is 22.7 Å². The molecular weight excluding hydrogens is 274 g/mol. The molecule has 7 nitrogen and oxygen atoms in total. The second-order valence-electron chi connectivity index (χ2n) is 4.69. The van der Waals surface area contributed by atoms with Crippen molar-refractivity contribution in [3.8, 4) is 0 Å². The minimum absolute atomic E-state index is 0.253. The minimum atomic E-state index is 0.253. The van der Waals surface area contributed by atoms with Crippen molar-refractivity contribution < 1.29 is 0 Å². The highest BCUT2D eigenvalue weighted by Gasteiger charge is 2.24. The smallest absolute Gasteiger partial charge is 0.151 e. The molecule has 8 heteroatoms. The number of nitrogens with zero attached hydrogens (tertiary/aromatic N) is 1. The Labute approximate surface area is 121 Å².